The summed E-state index contributed by atoms with van der Waals surface area (Å²) in [5.74, 6) is -0.992. The molecule has 0 heterocycles. The molecule has 2 rings (SSSR count). The monoisotopic (exact) mass is 469 g/mol. The van der Waals surface area contributed by atoms with Crippen molar-refractivity contribution in [3.05, 3.63) is 42.0 Å². The summed E-state index contributed by atoms with van der Waals surface area (Å²) in [5, 5.41) is 4.19. The molecule has 2 unspecified atom stereocenters. The number of fused-ring (bicyclic) bond motifs is 1. The van der Waals surface area contributed by atoms with E-state index in [9.17, 15) is 14.2 Å². The van der Waals surface area contributed by atoms with Crippen molar-refractivity contribution in [3.63, 3.8) is 0 Å². The van der Waals surface area contributed by atoms with Gasteiger partial charge in [-0.1, -0.05) is 45.0 Å². The molecule has 0 aromatic heterocycles. The zero-order chi connectivity index (χ0) is 23.4. The topological polar surface area (TPSA) is 90.9 Å². The minimum Gasteiger partial charge on any atom is -0.469 e. The van der Waals surface area contributed by atoms with Crippen molar-refractivity contribution in [3.8, 4) is 5.75 Å². The third-order valence-electron chi connectivity index (χ3n) is 4.46. The van der Waals surface area contributed by atoms with Crippen LogP contribution in [0.25, 0.3) is 10.8 Å². The van der Waals surface area contributed by atoms with E-state index < -0.39 is 24.8 Å². The number of ether oxygens (including phenoxy) is 2. The van der Waals surface area contributed by atoms with Crippen LogP contribution in [0.1, 0.15) is 46.1 Å². The molecule has 3 atom stereocenters. The molecule has 0 saturated heterocycles. The van der Waals surface area contributed by atoms with Crippen LogP contribution in [0, 0.1) is 5.41 Å². The molecule has 1 N–H and O–H groups in total. The molecule has 0 radical (unpaired) electrons. The summed E-state index contributed by atoms with van der Waals surface area (Å²) in [6, 6.07) is 9.70. The van der Waals surface area contributed by atoms with Crippen molar-refractivity contribution in [1.82, 2.24) is 5.09 Å². The van der Waals surface area contributed by atoms with E-state index in [1.165, 1.54) is 14.0 Å². The van der Waals surface area contributed by atoms with Crippen LogP contribution in [-0.2, 0) is 23.6 Å². The summed E-state index contributed by atoms with van der Waals surface area (Å²) < 4.78 is 28.1. The van der Waals surface area contributed by atoms with Crippen LogP contribution in [0.2, 0.25) is 0 Å². The number of nitrogens with one attached hydrogen (secondary N) is 1. The normalized spacial score (nSPS) is 15.6. The highest BCUT2D eigenvalue weighted by Gasteiger charge is 2.29. The second kappa shape index (κ2) is 10.0. The fourth-order valence-corrected chi connectivity index (χ4v) is 4.42. The van der Waals surface area contributed by atoms with Gasteiger partial charge in [0, 0.05) is 11.2 Å². The number of methoxy groups -OCH3 is 1. The number of benzene rings is 2. The first-order valence-corrected chi connectivity index (χ1v) is 12.4. The first-order chi connectivity index (χ1) is 14.3. The van der Waals surface area contributed by atoms with Crippen molar-refractivity contribution in [1.29, 1.82) is 0 Å². The molecule has 170 valence electrons. The molecular formula is C22H29ClNO6P. The van der Waals surface area contributed by atoms with Gasteiger partial charge in [-0.25, -0.2) is 9.65 Å². The predicted octanol–water partition coefficient (Wildman–Crippen LogP) is 5.41. The summed E-state index contributed by atoms with van der Waals surface area (Å²) in [6.07, 6.45) is 0. The maximum absolute atomic E-state index is 12.7. The van der Waals surface area contributed by atoms with Gasteiger partial charge in [0.2, 0.25) is 0 Å². The molecule has 2 aromatic carbocycles. The zero-order valence-electron chi connectivity index (χ0n) is 18.6. The maximum atomic E-state index is 12.7. The number of hydrogen-bond acceptors (Lipinski definition) is 6. The number of carbonyl (C=O) groups is 2. The van der Waals surface area contributed by atoms with Gasteiger partial charge < -0.3 is 14.0 Å². The number of rotatable bonds is 8. The van der Waals surface area contributed by atoms with Crippen LogP contribution in [0.4, 0.5) is 0 Å². The van der Waals surface area contributed by atoms with Gasteiger partial charge in [-0.2, -0.15) is 0 Å². The molecule has 0 fully saturated rings. The Morgan fingerprint density at radius 3 is 2.29 bits per heavy atom. The molecule has 7 nitrogen and oxygen atoms in total. The molecule has 0 amide bonds. The van der Waals surface area contributed by atoms with Gasteiger partial charge in [0.15, 0.2) is 0 Å². The number of esters is 2. The van der Waals surface area contributed by atoms with E-state index in [1.807, 2.05) is 39.0 Å². The van der Waals surface area contributed by atoms with Crippen LogP contribution >= 0.6 is 18.1 Å². The second-order valence-electron chi connectivity index (χ2n) is 8.60. The van der Waals surface area contributed by atoms with E-state index in [0.717, 1.165) is 16.3 Å². The SMILES string of the molecule is COC(=O)C(C)c1ccc2cc(OP(=O)(Cl)N[C@@H](C)C(=O)OCC(C)(C)C)ccc2c1. The lowest BCUT2D eigenvalue weighted by molar-refractivity contribution is -0.148. The highest BCUT2D eigenvalue weighted by atomic mass is 35.7. The smallest absolute Gasteiger partial charge is 0.409 e. The van der Waals surface area contributed by atoms with Crippen LogP contribution < -0.4 is 9.61 Å². The lowest BCUT2D eigenvalue weighted by Crippen LogP contribution is -2.34. The van der Waals surface area contributed by atoms with Crippen LogP contribution in [0.5, 0.6) is 5.75 Å². The molecule has 0 aliphatic rings. The van der Waals surface area contributed by atoms with Crippen molar-refractivity contribution in [2.45, 2.75) is 46.6 Å². The van der Waals surface area contributed by atoms with Crippen LogP contribution in [-0.4, -0.2) is 31.7 Å². The summed E-state index contributed by atoms with van der Waals surface area (Å²) >= 11 is 6.03. The van der Waals surface area contributed by atoms with Gasteiger partial charge in [-0.05, 0) is 47.7 Å². The Labute approximate surface area is 187 Å². The van der Waals surface area contributed by atoms with Crippen LogP contribution in [0.15, 0.2) is 36.4 Å². The van der Waals surface area contributed by atoms with Crippen molar-refractivity contribution >= 4 is 40.8 Å². The van der Waals surface area contributed by atoms with E-state index >= 15 is 0 Å². The van der Waals surface area contributed by atoms with Crippen molar-refractivity contribution in [2.24, 2.45) is 5.41 Å². The first-order valence-electron chi connectivity index (χ1n) is 9.86. The summed E-state index contributed by atoms with van der Waals surface area (Å²) in [7, 11) is 1.35. The number of hydrogen-bond donors (Lipinski definition) is 1. The van der Waals surface area contributed by atoms with E-state index in [0.29, 0.717) is 0 Å². The lowest BCUT2D eigenvalue weighted by Gasteiger charge is -2.21. The largest absolute Gasteiger partial charge is 0.469 e. The summed E-state index contributed by atoms with van der Waals surface area (Å²) in [5.41, 5.74) is 0.635. The summed E-state index contributed by atoms with van der Waals surface area (Å²) in [6.45, 7) is 5.47. The van der Waals surface area contributed by atoms with Gasteiger partial charge in [-0.3, -0.25) is 9.59 Å². The highest BCUT2D eigenvalue weighted by molar-refractivity contribution is 7.84. The predicted molar refractivity (Wildman–Crippen MR) is 121 cm³/mol. The van der Waals surface area contributed by atoms with Crippen molar-refractivity contribution < 1.29 is 28.2 Å². The van der Waals surface area contributed by atoms with Gasteiger partial charge in [0.1, 0.15) is 11.8 Å². The van der Waals surface area contributed by atoms with Gasteiger partial charge in [0.05, 0.1) is 19.6 Å². The fraction of sp³-hybridized carbons (Fsp3) is 0.455. The average molecular weight is 470 g/mol. The van der Waals surface area contributed by atoms with Gasteiger partial charge >= 0.3 is 18.8 Å². The van der Waals surface area contributed by atoms with E-state index in [2.05, 4.69) is 5.09 Å². The Bertz CT molecular complexity index is 1000. The quantitative estimate of drug-likeness (QED) is 0.408. The second-order valence-corrected chi connectivity index (χ2v) is 11.3. The standard InChI is InChI=1S/C22H29ClNO6P/c1-14(20(25)28-6)16-7-8-18-12-19(10-9-17(18)11-16)30-31(23,27)24-15(2)21(26)29-13-22(3,4)5/h7-12,14-15H,13H2,1-6H3,(H,24,27)/t14?,15-,31?/m0/s1. The van der Waals surface area contributed by atoms with E-state index in [4.69, 9.17) is 25.2 Å². The van der Waals surface area contributed by atoms with Crippen LogP contribution in [0.3, 0.4) is 0 Å². The Hall–Kier alpha value is -2.08. The fourth-order valence-electron chi connectivity index (χ4n) is 2.74. The number of halogens is 1. The van der Waals surface area contributed by atoms with Gasteiger partial charge in [-0.15, -0.1) is 0 Å². The third-order valence-corrected chi connectivity index (χ3v) is 6.10. The molecule has 0 aliphatic heterocycles. The average Bonchev–Trinajstić information content (AvgIpc) is 2.69. The first kappa shape index (κ1) is 25.2. The lowest BCUT2D eigenvalue weighted by atomic mass is 9.98. The zero-order valence-corrected chi connectivity index (χ0v) is 20.3. The molecule has 0 aliphatic carbocycles. The number of carbonyl (C=O) groups excluding carboxylic acids is 2. The van der Waals surface area contributed by atoms with E-state index in [-0.39, 0.29) is 23.7 Å². The molecule has 0 saturated carbocycles. The third kappa shape index (κ3) is 7.53. The molecule has 2 aromatic rings. The molecule has 9 heteroatoms. The van der Waals surface area contributed by atoms with E-state index in [1.54, 1.807) is 25.1 Å². The maximum Gasteiger partial charge on any atom is 0.409 e. The Kier molecular flexibility index (Phi) is 8.15. The minimum absolute atomic E-state index is 0.184. The Morgan fingerprint density at radius 2 is 1.68 bits per heavy atom. The van der Waals surface area contributed by atoms with Gasteiger partial charge in [0.25, 0.3) is 0 Å². The molecule has 0 bridgehead atoms. The molecular weight excluding hydrogens is 441 g/mol. The summed E-state index contributed by atoms with van der Waals surface area (Å²) in [4.78, 5) is 23.9. The minimum atomic E-state index is -3.85. The van der Waals surface area contributed by atoms with Crippen molar-refractivity contribution in [2.75, 3.05) is 13.7 Å². The highest BCUT2D eigenvalue weighted by Crippen LogP contribution is 2.49. The Morgan fingerprint density at radius 1 is 1.06 bits per heavy atom. The Balaban J connectivity index is 2.08. The molecule has 31 heavy (non-hydrogen) atoms. The molecule has 0 spiro atoms.